The second-order valence-corrected chi connectivity index (χ2v) is 5.11. The second-order valence-electron chi connectivity index (χ2n) is 3.32. The van der Waals surface area contributed by atoms with Crippen molar-refractivity contribution in [3.8, 4) is 0 Å². The van der Waals surface area contributed by atoms with Gasteiger partial charge in [-0.15, -0.1) is 0 Å². The van der Waals surface area contributed by atoms with Crippen molar-refractivity contribution in [1.82, 2.24) is 4.98 Å². The second kappa shape index (κ2) is 5.93. The highest BCUT2D eigenvalue weighted by atomic mass is 79.9. The van der Waals surface area contributed by atoms with Gasteiger partial charge in [0.15, 0.2) is 0 Å². The lowest BCUT2D eigenvalue weighted by atomic mass is 10.4. The third kappa shape index (κ3) is 3.38. The number of halogens is 1. The van der Waals surface area contributed by atoms with Crippen LogP contribution in [0.3, 0.4) is 0 Å². The maximum atomic E-state index is 4.28. The van der Waals surface area contributed by atoms with Crippen LogP contribution in [0, 0.1) is 0 Å². The largest absolute Gasteiger partial charge is 0.371 e. The Morgan fingerprint density at radius 2 is 2.00 bits per heavy atom. The summed E-state index contributed by atoms with van der Waals surface area (Å²) >= 11 is 4.97. The molecule has 1 aromatic heterocycles. The van der Waals surface area contributed by atoms with Crippen LogP contribution in [-0.2, 0) is 0 Å². The molecule has 0 aliphatic heterocycles. The molecule has 0 aliphatic carbocycles. The van der Waals surface area contributed by atoms with Gasteiger partial charge in [-0.2, -0.15) is 0 Å². The standard InChI is InChI=1S/C12H12BrN3S/c1-14-12-11(7-9(13)8-15-12)16-17-10-5-3-2-4-6-10/h2-8,16H,1H3,(H,14,15). The first kappa shape index (κ1) is 12.3. The molecule has 0 amide bonds. The molecule has 0 atom stereocenters. The normalized spacial score (nSPS) is 10.0. The Bertz CT molecular complexity index is 490. The van der Waals surface area contributed by atoms with Crippen molar-refractivity contribution in [2.45, 2.75) is 4.90 Å². The molecule has 17 heavy (non-hydrogen) atoms. The number of nitrogens with zero attached hydrogens (tertiary/aromatic N) is 1. The van der Waals surface area contributed by atoms with Crippen molar-refractivity contribution in [3.63, 3.8) is 0 Å². The molecule has 0 radical (unpaired) electrons. The van der Waals surface area contributed by atoms with Gasteiger partial charge in [0, 0.05) is 22.6 Å². The predicted octanol–water partition coefficient (Wildman–Crippen LogP) is 4.01. The zero-order chi connectivity index (χ0) is 12.1. The average molecular weight is 310 g/mol. The maximum absolute atomic E-state index is 4.28. The molecule has 0 saturated carbocycles. The van der Waals surface area contributed by atoms with Gasteiger partial charge in [0.05, 0.1) is 5.69 Å². The minimum atomic E-state index is 0.830. The van der Waals surface area contributed by atoms with Gasteiger partial charge < -0.3 is 10.0 Å². The average Bonchev–Trinajstić information content (AvgIpc) is 2.38. The van der Waals surface area contributed by atoms with Crippen LogP contribution in [0.1, 0.15) is 0 Å². The van der Waals surface area contributed by atoms with Crippen LogP contribution in [0.15, 0.2) is 52.0 Å². The third-order valence-electron chi connectivity index (χ3n) is 2.11. The van der Waals surface area contributed by atoms with E-state index in [-0.39, 0.29) is 0 Å². The van der Waals surface area contributed by atoms with Gasteiger partial charge in [0.25, 0.3) is 0 Å². The molecule has 1 heterocycles. The fourth-order valence-corrected chi connectivity index (χ4v) is 2.33. The zero-order valence-corrected chi connectivity index (χ0v) is 11.7. The number of benzene rings is 1. The predicted molar refractivity (Wildman–Crippen MR) is 77.4 cm³/mol. The van der Waals surface area contributed by atoms with E-state index in [1.807, 2.05) is 31.3 Å². The highest BCUT2D eigenvalue weighted by Crippen LogP contribution is 2.27. The lowest BCUT2D eigenvalue weighted by Gasteiger charge is -2.10. The number of rotatable bonds is 4. The first-order valence-corrected chi connectivity index (χ1v) is 6.72. The van der Waals surface area contributed by atoms with Crippen LogP contribution < -0.4 is 10.0 Å². The van der Waals surface area contributed by atoms with Crippen LogP contribution in [-0.4, -0.2) is 12.0 Å². The number of hydrogen-bond acceptors (Lipinski definition) is 4. The molecule has 2 rings (SSSR count). The van der Waals surface area contributed by atoms with Gasteiger partial charge in [-0.1, -0.05) is 18.2 Å². The summed E-state index contributed by atoms with van der Waals surface area (Å²) in [4.78, 5) is 5.44. The van der Waals surface area contributed by atoms with Gasteiger partial charge in [-0.25, -0.2) is 4.98 Å². The molecule has 0 unspecified atom stereocenters. The first-order valence-electron chi connectivity index (χ1n) is 5.11. The summed E-state index contributed by atoms with van der Waals surface area (Å²) in [5.74, 6) is 0.830. The Morgan fingerprint density at radius 1 is 1.24 bits per heavy atom. The van der Waals surface area contributed by atoms with Crippen LogP contribution in [0.25, 0.3) is 0 Å². The van der Waals surface area contributed by atoms with E-state index in [2.05, 4.69) is 43.1 Å². The van der Waals surface area contributed by atoms with Crippen LogP contribution in [0.5, 0.6) is 0 Å². The molecule has 0 fully saturated rings. The van der Waals surface area contributed by atoms with Crippen LogP contribution >= 0.6 is 27.9 Å². The van der Waals surface area contributed by atoms with E-state index in [0.29, 0.717) is 0 Å². The Kier molecular flexibility index (Phi) is 4.28. The summed E-state index contributed by atoms with van der Waals surface area (Å²) in [5, 5.41) is 3.05. The van der Waals surface area contributed by atoms with Gasteiger partial charge >= 0.3 is 0 Å². The zero-order valence-electron chi connectivity index (χ0n) is 9.27. The highest BCUT2D eigenvalue weighted by molar-refractivity contribution is 9.10. The lowest BCUT2D eigenvalue weighted by molar-refractivity contribution is 1.28. The number of nitrogens with one attached hydrogen (secondary N) is 2. The minimum absolute atomic E-state index is 0.830. The molecule has 3 nitrogen and oxygen atoms in total. The maximum Gasteiger partial charge on any atom is 0.150 e. The van der Waals surface area contributed by atoms with Crippen LogP contribution in [0.2, 0.25) is 0 Å². The number of pyridine rings is 1. The molecule has 2 N–H and O–H groups in total. The Morgan fingerprint density at radius 3 is 2.71 bits per heavy atom. The molecule has 2 aromatic rings. The highest BCUT2D eigenvalue weighted by Gasteiger charge is 2.03. The Balaban J connectivity index is 2.11. The quantitative estimate of drug-likeness (QED) is 0.837. The molecule has 1 aromatic carbocycles. The summed E-state index contributed by atoms with van der Waals surface area (Å²) in [6.45, 7) is 0. The van der Waals surface area contributed by atoms with E-state index in [0.717, 1.165) is 20.9 Å². The smallest absolute Gasteiger partial charge is 0.150 e. The van der Waals surface area contributed by atoms with Gasteiger partial charge in [0.1, 0.15) is 5.82 Å². The fraction of sp³-hybridized carbons (Fsp3) is 0.0833. The molecule has 0 saturated heterocycles. The lowest BCUT2D eigenvalue weighted by Crippen LogP contribution is -1.97. The Labute approximate surface area is 113 Å². The topological polar surface area (TPSA) is 37.0 Å². The minimum Gasteiger partial charge on any atom is -0.371 e. The van der Waals surface area contributed by atoms with Crippen molar-refractivity contribution in [1.29, 1.82) is 0 Å². The molecule has 0 aliphatic rings. The molecule has 0 bridgehead atoms. The SMILES string of the molecule is CNc1ncc(Br)cc1NSc1ccccc1. The molecule has 88 valence electrons. The van der Waals surface area contributed by atoms with E-state index >= 15 is 0 Å². The van der Waals surface area contributed by atoms with Gasteiger partial charge in [0.2, 0.25) is 0 Å². The van der Waals surface area contributed by atoms with E-state index in [9.17, 15) is 0 Å². The van der Waals surface area contributed by atoms with E-state index < -0.39 is 0 Å². The van der Waals surface area contributed by atoms with Crippen LogP contribution in [0.4, 0.5) is 11.5 Å². The summed E-state index contributed by atoms with van der Waals surface area (Å²) in [6.07, 6.45) is 1.77. The molecular formula is C12H12BrN3S. The summed E-state index contributed by atoms with van der Waals surface area (Å²) in [5.41, 5.74) is 0.954. The van der Waals surface area contributed by atoms with E-state index in [1.165, 1.54) is 0 Å². The van der Waals surface area contributed by atoms with E-state index in [1.54, 1.807) is 18.1 Å². The van der Waals surface area contributed by atoms with Gasteiger partial charge in [-0.05, 0) is 46.1 Å². The number of aromatic nitrogens is 1. The Hall–Kier alpha value is -1.20. The monoisotopic (exact) mass is 309 g/mol. The van der Waals surface area contributed by atoms with E-state index in [4.69, 9.17) is 0 Å². The van der Waals surface area contributed by atoms with Crippen molar-refractivity contribution in [3.05, 3.63) is 47.1 Å². The summed E-state index contributed by atoms with van der Waals surface area (Å²) < 4.78 is 4.23. The molecular weight excluding hydrogens is 298 g/mol. The number of anilines is 2. The van der Waals surface area contributed by atoms with Crippen molar-refractivity contribution in [2.75, 3.05) is 17.1 Å². The molecule has 5 heteroatoms. The van der Waals surface area contributed by atoms with Crippen molar-refractivity contribution in [2.24, 2.45) is 0 Å². The fourth-order valence-electron chi connectivity index (χ4n) is 1.32. The summed E-state index contributed by atoms with van der Waals surface area (Å²) in [6, 6.07) is 12.1. The van der Waals surface area contributed by atoms with Crippen molar-refractivity contribution < 1.29 is 0 Å². The number of hydrogen-bond donors (Lipinski definition) is 2. The first-order chi connectivity index (χ1) is 8.29. The van der Waals surface area contributed by atoms with Crippen molar-refractivity contribution >= 4 is 39.4 Å². The third-order valence-corrected chi connectivity index (χ3v) is 3.38. The van der Waals surface area contributed by atoms with Gasteiger partial charge in [-0.3, -0.25) is 0 Å². The molecule has 0 spiro atoms. The summed E-state index contributed by atoms with van der Waals surface area (Å²) in [7, 11) is 1.86.